The molecule has 0 N–H and O–H groups in total. The van der Waals surface area contributed by atoms with Gasteiger partial charge >= 0.3 is 29.6 Å². The summed E-state index contributed by atoms with van der Waals surface area (Å²) in [6.45, 7) is 2.26. The molecule has 2 aromatic carbocycles. The van der Waals surface area contributed by atoms with Crippen molar-refractivity contribution in [2.24, 2.45) is 0 Å². The maximum Gasteiger partial charge on any atom is 1.00 e. The van der Waals surface area contributed by atoms with Crippen LogP contribution in [0.2, 0.25) is 0 Å². The number of rotatable bonds is 15. The van der Waals surface area contributed by atoms with E-state index in [1.165, 1.54) is 82.8 Å². The third-order valence-corrected chi connectivity index (χ3v) is 6.65. The van der Waals surface area contributed by atoms with Crippen molar-refractivity contribution in [3.05, 3.63) is 35.9 Å². The molecule has 168 valence electrons. The summed E-state index contributed by atoms with van der Waals surface area (Å²) in [5.74, 6) is 0.783. The van der Waals surface area contributed by atoms with Crippen molar-refractivity contribution in [3.63, 3.8) is 0 Å². The molecule has 0 bridgehead atoms. The SMILES string of the molecule is CCCCCCCCCCCCCCc1ccc2cc(S(=O)(=O)[O-])ccc2c1OC.[Na+]. The molecule has 0 unspecified atom stereocenters. The van der Waals surface area contributed by atoms with Gasteiger partial charge in [-0.1, -0.05) is 89.7 Å². The molecule has 31 heavy (non-hydrogen) atoms. The van der Waals surface area contributed by atoms with E-state index in [0.717, 1.165) is 29.5 Å². The fourth-order valence-corrected chi connectivity index (χ4v) is 4.58. The molecule has 0 saturated carbocycles. The molecule has 0 aliphatic rings. The normalized spacial score (nSPS) is 11.5. The molecule has 0 heterocycles. The largest absolute Gasteiger partial charge is 1.00 e. The number of ether oxygens (including phenoxy) is 1. The van der Waals surface area contributed by atoms with Gasteiger partial charge in [-0.2, -0.15) is 0 Å². The first-order valence-corrected chi connectivity index (χ1v) is 12.9. The predicted octanol–water partition coefficient (Wildman–Crippen LogP) is 4.00. The van der Waals surface area contributed by atoms with Crippen molar-refractivity contribution in [1.82, 2.24) is 0 Å². The van der Waals surface area contributed by atoms with Crippen LogP contribution < -0.4 is 34.3 Å². The second kappa shape index (κ2) is 15.3. The van der Waals surface area contributed by atoms with Gasteiger partial charge in [0.2, 0.25) is 0 Å². The summed E-state index contributed by atoms with van der Waals surface area (Å²) < 4.78 is 39.4. The third-order valence-electron chi connectivity index (χ3n) is 5.82. The Morgan fingerprint density at radius 2 is 1.35 bits per heavy atom. The van der Waals surface area contributed by atoms with E-state index in [9.17, 15) is 13.0 Å². The van der Waals surface area contributed by atoms with E-state index in [0.29, 0.717) is 5.39 Å². The van der Waals surface area contributed by atoms with E-state index in [1.807, 2.05) is 12.1 Å². The molecule has 0 aliphatic heterocycles. The summed E-state index contributed by atoms with van der Waals surface area (Å²) in [5.41, 5.74) is 1.13. The fourth-order valence-electron chi connectivity index (χ4n) is 4.07. The molecule has 0 spiro atoms. The van der Waals surface area contributed by atoms with Crippen molar-refractivity contribution < 1.29 is 47.3 Å². The number of fused-ring (bicyclic) bond motifs is 1. The van der Waals surface area contributed by atoms with Gasteiger partial charge in [-0.05, 0) is 42.0 Å². The molecule has 0 aliphatic carbocycles. The van der Waals surface area contributed by atoms with Crippen LogP contribution in [-0.2, 0) is 16.5 Å². The van der Waals surface area contributed by atoms with E-state index < -0.39 is 10.1 Å². The molecule has 0 amide bonds. The van der Waals surface area contributed by atoms with Crippen LogP contribution in [-0.4, -0.2) is 20.1 Å². The second-order valence-electron chi connectivity index (χ2n) is 8.23. The Morgan fingerprint density at radius 3 is 1.87 bits per heavy atom. The van der Waals surface area contributed by atoms with Crippen LogP contribution in [0.1, 0.15) is 89.5 Å². The minimum Gasteiger partial charge on any atom is -0.744 e. The molecule has 0 fully saturated rings. The first kappa shape index (κ1) is 28.4. The molecular weight excluding hydrogens is 419 g/mol. The van der Waals surface area contributed by atoms with Crippen molar-refractivity contribution in [2.75, 3.05) is 7.11 Å². The zero-order valence-corrected chi connectivity index (χ0v) is 22.4. The molecule has 2 rings (SSSR count). The van der Waals surface area contributed by atoms with Crippen LogP contribution in [0.4, 0.5) is 0 Å². The number of methoxy groups -OCH3 is 1. The van der Waals surface area contributed by atoms with Crippen LogP contribution in [0.3, 0.4) is 0 Å². The summed E-state index contributed by atoms with van der Waals surface area (Å²) in [6.07, 6.45) is 16.8. The van der Waals surface area contributed by atoms with E-state index in [1.54, 1.807) is 13.2 Å². The van der Waals surface area contributed by atoms with Gasteiger partial charge < -0.3 is 9.29 Å². The van der Waals surface area contributed by atoms with E-state index in [-0.39, 0.29) is 34.5 Å². The quantitative estimate of drug-likeness (QED) is 0.231. The topological polar surface area (TPSA) is 66.4 Å². The molecule has 0 aromatic heterocycles. The van der Waals surface area contributed by atoms with Gasteiger partial charge in [-0.15, -0.1) is 0 Å². The number of benzene rings is 2. The number of hydrogen-bond acceptors (Lipinski definition) is 4. The van der Waals surface area contributed by atoms with Gasteiger partial charge in [0.1, 0.15) is 15.9 Å². The number of unbranched alkanes of at least 4 members (excludes halogenated alkanes) is 11. The smallest absolute Gasteiger partial charge is 0.744 e. The average molecular weight is 457 g/mol. The Balaban J connectivity index is 0.00000480. The van der Waals surface area contributed by atoms with Gasteiger partial charge in [0.05, 0.1) is 12.0 Å². The molecule has 4 nitrogen and oxygen atoms in total. The molecule has 0 radical (unpaired) electrons. The van der Waals surface area contributed by atoms with Crippen LogP contribution in [0, 0.1) is 0 Å². The Morgan fingerprint density at radius 1 is 0.806 bits per heavy atom. The first-order valence-electron chi connectivity index (χ1n) is 11.5. The summed E-state index contributed by atoms with van der Waals surface area (Å²) in [5, 5.41) is 1.56. The van der Waals surface area contributed by atoms with Crippen LogP contribution in [0.15, 0.2) is 35.2 Å². The Bertz CT molecular complexity index is 880. The standard InChI is InChI=1S/C25H38O4S.Na/c1-3-4-5-6-7-8-9-10-11-12-13-14-15-21-16-17-22-20-23(30(26,27)28)18-19-24(22)25(21)29-2;/h16-20H,3-15H2,1-2H3,(H,26,27,28);/q;+1/p-1. The Labute approximate surface area is 211 Å². The Kier molecular flexibility index (Phi) is 14.0. The first-order chi connectivity index (χ1) is 14.5. The summed E-state index contributed by atoms with van der Waals surface area (Å²) >= 11 is 0. The zero-order chi connectivity index (χ0) is 21.8. The van der Waals surface area contributed by atoms with Gasteiger partial charge in [-0.25, -0.2) is 8.42 Å². The van der Waals surface area contributed by atoms with E-state index >= 15 is 0 Å². The minimum absolute atomic E-state index is 0. The maximum absolute atomic E-state index is 11.3. The minimum atomic E-state index is -4.45. The van der Waals surface area contributed by atoms with Gasteiger partial charge in [-0.3, -0.25) is 0 Å². The Hall–Kier alpha value is -0.590. The van der Waals surface area contributed by atoms with Gasteiger partial charge in [0.15, 0.2) is 0 Å². The predicted molar refractivity (Wildman–Crippen MR) is 123 cm³/mol. The number of aryl methyl sites for hydroxylation is 1. The maximum atomic E-state index is 11.3. The fraction of sp³-hybridized carbons (Fsp3) is 0.600. The second-order valence-corrected chi connectivity index (χ2v) is 9.61. The molecular formula is C25H37NaO4S. The van der Waals surface area contributed by atoms with Crippen LogP contribution >= 0.6 is 0 Å². The van der Waals surface area contributed by atoms with Crippen LogP contribution in [0.25, 0.3) is 10.8 Å². The molecule has 0 saturated heterocycles. The number of hydrogen-bond donors (Lipinski definition) is 0. The van der Waals surface area contributed by atoms with E-state index in [2.05, 4.69) is 6.92 Å². The third kappa shape index (κ3) is 9.83. The van der Waals surface area contributed by atoms with Crippen molar-refractivity contribution in [3.8, 4) is 5.75 Å². The summed E-state index contributed by atoms with van der Waals surface area (Å²) in [4.78, 5) is -0.203. The van der Waals surface area contributed by atoms with Crippen molar-refractivity contribution in [2.45, 2.75) is 95.3 Å². The summed E-state index contributed by atoms with van der Waals surface area (Å²) in [6, 6.07) is 8.32. The van der Waals surface area contributed by atoms with Gasteiger partial charge in [0, 0.05) is 5.39 Å². The monoisotopic (exact) mass is 456 g/mol. The van der Waals surface area contributed by atoms with Crippen molar-refractivity contribution >= 4 is 20.9 Å². The zero-order valence-electron chi connectivity index (χ0n) is 19.6. The van der Waals surface area contributed by atoms with Crippen LogP contribution in [0.5, 0.6) is 5.75 Å². The van der Waals surface area contributed by atoms with E-state index in [4.69, 9.17) is 4.74 Å². The molecule has 2 aromatic rings. The summed E-state index contributed by atoms with van der Waals surface area (Å²) in [7, 11) is -2.81. The average Bonchev–Trinajstić information content (AvgIpc) is 2.73. The van der Waals surface area contributed by atoms with Crippen molar-refractivity contribution in [1.29, 1.82) is 0 Å². The molecule has 6 heteroatoms. The van der Waals surface area contributed by atoms with Gasteiger partial charge in [0.25, 0.3) is 0 Å². The molecule has 0 atom stereocenters.